The highest BCUT2D eigenvalue weighted by Gasteiger charge is 2.26. The van der Waals surface area contributed by atoms with Crippen LogP contribution in [-0.4, -0.2) is 42.4 Å². The second-order valence-corrected chi connectivity index (χ2v) is 6.94. The molecule has 6 nitrogen and oxygen atoms in total. The number of Topliss-reactive ketones (excluding diaryl/α,β-unsaturated/α-hetero) is 1. The molecule has 1 unspecified atom stereocenters. The average molecular weight is 374 g/mol. The van der Waals surface area contributed by atoms with Crippen molar-refractivity contribution in [3.8, 4) is 0 Å². The van der Waals surface area contributed by atoms with E-state index in [-0.39, 0.29) is 17.7 Å². The van der Waals surface area contributed by atoms with E-state index in [1.807, 2.05) is 42.5 Å². The Hall–Kier alpha value is -3.25. The van der Waals surface area contributed by atoms with Crippen molar-refractivity contribution in [3.63, 3.8) is 0 Å². The molecule has 3 aromatic rings. The third-order valence-corrected chi connectivity index (χ3v) is 5.02. The first-order chi connectivity index (χ1) is 13.6. The predicted octanol–water partition coefficient (Wildman–Crippen LogP) is 2.85. The number of fused-ring (bicyclic) bond motifs is 1. The van der Waals surface area contributed by atoms with Crippen LogP contribution in [0.2, 0.25) is 0 Å². The molecule has 0 radical (unpaired) electrons. The number of nitrogens with one attached hydrogen (secondary N) is 2. The van der Waals surface area contributed by atoms with Crippen molar-refractivity contribution in [1.29, 1.82) is 0 Å². The second-order valence-electron chi connectivity index (χ2n) is 6.94. The van der Waals surface area contributed by atoms with Crippen molar-refractivity contribution in [2.24, 2.45) is 0 Å². The molecule has 28 heavy (non-hydrogen) atoms. The molecule has 1 fully saturated rings. The van der Waals surface area contributed by atoms with Crippen LogP contribution in [0.5, 0.6) is 0 Å². The number of piperazine rings is 1. The number of anilines is 2. The molecule has 0 spiro atoms. The van der Waals surface area contributed by atoms with Gasteiger partial charge in [-0.25, -0.2) is 0 Å². The van der Waals surface area contributed by atoms with Crippen LogP contribution in [0.3, 0.4) is 0 Å². The molecule has 142 valence electrons. The van der Waals surface area contributed by atoms with Crippen molar-refractivity contribution < 1.29 is 9.59 Å². The molecule has 2 N–H and O–H groups in total. The van der Waals surface area contributed by atoms with Gasteiger partial charge >= 0.3 is 0 Å². The summed E-state index contributed by atoms with van der Waals surface area (Å²) in [7, 11) is 0. The fourth-order valence-electron chi connectivity index (χ4n) is 3.52. The number of hydrogen-bond acceptors (Lipinski definition) is 5. The topological polar surface area (TPSA) is 74.3 Å². The van der Waals surface area contributed by atoms with Crippen LogP contribution in [0.4, 0.5) is 11.4 Å². The lowest BCUT2D eigenvalue weighted by Gasteiger charge is -2.36. The molecule has 6 heteroatoms. The van der Waals surface area contributed by atoms with E-state index in [1.165, 1.54) is 0 Å². The molecular weight excluding hydrogens is 352 g/mol. The summed E-state index contributed by atoms with van der Waals surface area (Å²) >= 11 is 0. The Kier molecular flexibility index (Phi) is 5.04. The van der Waals surface area contributed by atoms with Gasteiger partial charge < -0.3 is 15.5 Å². The monoisotopic (exact) mass is 374 g/mol. The Morgan fingerprint density at radius 2 is 1.93 bits per heavy atom. The van der Waals surface area contributed by atoms with Gasteiger partial charge in [-0.3, -0.25) is 14.6 Å². The highest BCUT2D eigenvalue weighted by atomic mass is 16.1. The van der Waals surface area contributed by atoms with Crippen LogP contribution in [0.1, 0.15) is 17.3 Å². The van der Waals surface area contributed by atoms with Crippen molar-refractivity contribution in [2.45, 2.75) is 13.0 Å². The normalized spacial score (nSPS) is 16.8. The smallest absolute Gasteiger partial charge is 0.255 e. The summed E-state index contributed by atoms with van der Waals surface area (Å²) in [5.74, 6) is -0.0510. The number of para-hydroxylation sites is 1. The first-order valence-corrected chi connectivity index (χ1v) is 9.36. The maximum Gasteiger partial charge on any atom is 0.255 e. The summed E-state index contributed by atoms with van der Waals surface area (Å²) in [6, 6.07) is 16.9. The summed E-state index contributed by atoms with van der Waals surface area (Å²) in [5, 5.41) is 7.13. The third-order valence-electron chi connectivity index (χ3n) is 5.02. The molecule has 1 aliphatic rings. The summed E-state index contributed by atoms with van der Waals surface area (Å²) < 4.78 is 0. The van der Waals surface area contributed by atoms with Gasteiger partial charge in [0, 0.05) is 36.3 Å². The van der Waals surface area contributed by atoms with Gasteiger partial charge in [-0.1, -0.05) is 18.2 Å². The van der Waals surface area contributed by atoms with E-state index in [9.17, 15) is 9.59 Å². The number of hydrogen-bond donors (Lipinski definition) is 2. The van der Waals surface area contributed by atoms with Crippen molar-refractivity contribution in [3.05, 3.63) is 66.4 Å². The molecule has 1 aromatic heterocycles. The quantitative estimate of drug-likeness (QED) is 0.735. The zero-order valence-corrected chi connectivity index (χ0v) is 15.7. The van der Waals surface area contributed by atoms with E-state index in [2.05, 4.69) is 20.5 Å². The van der Waals surface area contributed by atoms with Crippen LogP contribution in [-0.2, 0) is 4.79 Å². The van der Waals surface area contributed by atoms with Gasteiger partial charge in [0.05, 0.1) is 23.4 Å². The molecule has 0 bridgehead atoms. The number of aromatic nitrogens is 1. The SMILES string of the molecule is CC(=O)C1CNCCN1c1ccc(C(=O)Nc2cnc3ccccc3c2)cc1. The van der Waals surface area contributed by atoms with Crippen molar-refractivity contribution in [1.82, 2.24) is 10.3 Å². The highest BCUT2D eigenvalue weighted by Crippen LogP contribution is 2.21. The predicted molar refractivity (Wildman–Crippen MR) is 111 cm³/mol. The average Bonchev–Trinajstić information content (AvgIpc) is 2.73. The zero-order valence-electron chi connectivity index (χ0n) is 15.7. The number of amides is 1. The molecule has 2 aromatic carbocycles. The Morgan fingerprint density at radius 3 is 2.71 bits per heavy atom. The lowest BCUT2D eigenvalue weighted by molar-refractivity contribution is -0.118. The van der Waals surface area contributed by atoms with Gasteiger partial charge in [-0.2, -0.15) is 0 Å². The van der Waals surface area contributed by atoms with Crippen LogP contribution in [0.15, 0.2) is 60.8 Å². The lowest BCUT2D eigenvalue weighted by Crippen LogP contribution is -2.54. The summed E-state index contributed by atoms with van der Waals surface area (Å²) in [6.45, 7) is 3.86. The van der Waals surface area contributed by atoms with Gasteiger partial charge in [-0.15, -0.1) is 0 Å². The van der Waals surface area contributed by atoms with E-state index >= 15 is 0 Å². The summed E-state index contributed by atoms with van der Waals surface area (Å²) in [5.41, 5.74) is 3.06. The number of carbonyl (C=O) groups excluding carboxylic acids is 2. The minimum Gasteiger partial charge on any atom is -0.359 e. The molecule has 0 aliphatic carbocycles. The third kappa shape index (κ3) is 3.73. The van der Waals surface area contributed by atoms with Crippen LogP contribution in [0, 0.1) is 0 Å². The van der Waals surface area contributed by atoms with E-state index in [0.717, 1.165) is 29.7 Å². The molecule has 4 rings (SSSR count). The minimum atomic E-state index is -0.188. The fraction of sp³-hybridized carbons (Fsp3) is 0.227. The summed E-state index contributed by atoms with van der Waals surface area (Å²) in [6.07, 6.45) is 1.66. The molecule has 2 heterocycles. The largest absolute Gasteiger partial charge is 0.359 e. The zero-order chi connectivity index (χ0) is 19.5. The first kappa shape index (κ1) is 18.1. The van der Waals surface area contributed by atoms with Crippen LogP contribution < -0.4 is 15.5 Å². The lowest BCUT2D eigenvalue weighted by atomic mass is 10.1. The molecule has 1 aliphatic heterocycles. The van der Waals surface area contributed by atoms with Crippen molar-refractivity contribution >= 4 is 34.0 Å². The van der Waals surface area contributed by atoms with E-state index in [1.54, 1.807) is 25.3 Å². The first-order valence-electron chi connectivity index (χ1n) is 9.36. The second kappa shape index (κ2) is 7.78. The Morgan fingerprint density at radius 1 is 1.14 bits per heavy atom. The molecule has 1 amide bonds. The molecule has 0 saturated carbocycles. The fourth-order valence-corrected chi connectivity index (χ4v) is 3.52. The maximum absolute atomic E-state index is 12.6. The van der Waals surface area contributed by atoms with Crippen LogP contribution in [0.25, 0.3) is 10.9 Å². The summed E-state index contributed by atoms with van der Waals surface area (Å²) in [4.78, 5) is 31.0. The van der Waals surface area contributed by atoms with Gasteiger partial charge in [0.1, 0.15) is 0 Å². The van der Waals surface area contributed by atoms with E-state index in [0.29, 0.717) is 17.8 Å². The number of nitrogens with zero attached hydrogens (tertiary/aromatic N) is 2. The number of carbonyl (C=O) groups is 2. The number of ketones is 1. The number of pyridine rings is 1. The van der Waals surface area contributed by atoms with Gasteiger partial charge in [0.15, 0.2) is 5.78 Å². The maximum atomic E-state index is 12.6. The molecule has 1 atom stereocenters. The van der Waals surface area contributed by atoms with E-state index < -0.39 is 0 Å². The minimum absolute atomic E-state index is 0.137. The van der Waals surface area contributed by atoms with Gasteiger partial charge in [0.2, 0.25) is 0 Å². The van der Waals surface area contributed by atoms with Gasteiger partial charge in [0.25, 0.3) is 5.91 Å². The highest BCUT2D eigenvalue weighted by molar-refractivity contribution is 6.05. The van der Waals surface area contributed by atoms with Crippen LogP contribution >= 0.6 is 0 Å². The Labute approximate surface area is 163 Å². The molecule has 1 saturated heterocycles. The standard InChI is InChI=1S/C22H22N4O2/c1-15(27)21-14-23-10-11-26(21)19-8-6-16(7-9-19)22(28)25-18-12-17-4-2-3-5-20(17)24-13-18/h2-9,12-13,21,23H,10-11,14H2,1H3,(H,25,28). The molecular formula is C22H22N4O2. The van der Waals surface area contributed by atoms with Gasteiger partial charge in [-0.05, 0) is 43.3 Å². The Balaban J connectivity index is 1.49. The van der Waals surface area contributed by atoms with Crippen molar-refractivity contribution in [2.75, 3.05) is 29.9 Å². The number of rotatable bonds is 4. The Bertz CT molecular complexity index is 1020. The van der Waals surface area contributed by atoms with E-state index in [4.69, 9.17) is 0 Å². The number of benzene rings is 2.